The first-order valence-electron chi connectivity index (χ1n) is 6.66. The molecule has 0 bridgehead atoms. The average molecular weight is 298 g/mol. The molecule has 0 aromatic heterocycles. The Kier molecular flexibility index (Phi) is 9.09. The zero-order valence-electron chi connectivity index (χ0n) is 11.4. The van der Waals surface area contributed by atoms with Crippen LogP contribution in [-0.2, 0) is 23.6 Å². The minimum absolute atomic E-state index is 1.22. The van der Waals surface area contributed by atoms with E-state index in [-0.39, 0.29) is 0 Å². The van der Waals surface area contributed by atoms with Crippen molar-refractivity contribution < 1.29 is 0 Å². The van der Waals surface area contributed by atoms with E-state index in [9.17, 15) is 0 Å². The third-order valence-electron chi connectivity index (χ3n) is 2.96. The molecule has 0 aliphatic heterocycles. The lowest BCUT2D eigenvalue weighted by Crippen LogP contribution is -2.02. The molecule has 0 fully saturated rings. The molecule has 98 valence electrons. The fourth-order valence-electron chi connectivity index (χ4n) is 2.35. The van der Waals surface area contributed by atoms with Gasteiger partial charge in [0.15, 0.2) is 0 Å². The highest BCUT2D eigenvalue weighted by Crippen LogP contribution is 2.82. The van der Waals surface area contributed by atoms with Crippen LogP contribution in [0.2, 0.25) is 0 Å². The molecule has 0 N–H and O–H groups in total. The summed E-state index contributed by atoms with van der Waals surface area (Å²) in [6.45, 7) is 9.09. The second kappa shape index (κ2) is 8.41. The second-order valence-corrected chi connectivity index (χ2v) is 20.2. The minimum Gasteiger partial charge on any atom is -0.0919 e. The maximum Gasteiger partial charge on any atom is -0.0130 e. The van der Waals surface area contributed by atoms with Crippen molar-refractivity contribution in [3.05, 3.63) is 0 Å². The van der Waals surface area contributed by atoms with Crippen LogP contribution in [0.15, 0.2) is 0 Å². The molecular weight excluding hydrogens is 270 g/mol. The molecule has 0 spiro atoms. The fourth-order valence-corrected chi connectivity index (χ4v) is 19.0. The maximum atomic E-state index is 6.12. The Labute approximate surface area is 113 Å². The summed E-state index contributed by atoms with van der Waals surface area (Å²) in [6.07, 6.45) is 10.0. The summed E-state index contributed by atoms with van der Waals surface area (Å²) in [4.78, 5) is 0. The molecule has 0 unspecified atom stereocenters. The molecule has 0 saturated heterocycles. The summed E-state index contributed by atoms with van der Waals surface area (Å²) in [5.41, 5.74) is -2.43. The van der Waals surface area contributed by atoms with Crippen LogP contribution in [0.1, 0.15) is 53.4 Å². The summed E-state index contributed by atoms with van der Waals surface area (Å²) in [7, 11) is 0. The third kappa shape index (κ3) is 4.52. The van der Waals surface area contributed by atoms with E-state index in [2.05, 4.69) is 27.7 Å². The van der Waals surface area contributed by atoms with E-state index in [1.807, 2.05) is 0 Å². The van der Waals surface area contributed by atoms with Crippen LogP contribution in [0.3, 0.4) is 0 Å². The van der Waals surface area contributed by atoms with Crippen LogP contribution in [0, 0.1) is 0 Å². The van der Waals surface area contributed by atoms with E-state index in [0.717, 1.165) is 0 Å². The fraction of sp³-hybridized carbons (Fsp3) is 1.00. The Morgan fingerprint density at radius 3 is 0.875 bits per heavy atom. The van der Waals surface area contributed by atoms with Crippen LogP contribution in [-0.4, -0.2) is 24.6 Å². The SMILES string of the molecule is CCCP(=S)(CCC)P(=S)(CCC)CCC. The molecule has 0 saturated carbocycles. The largest absolute Gasteiger partial charge is 0.0919 e. The molecule has 0 rings (SSSR count). The molecule has 0 nitrogen and oxygen atoms in total. The van der Waals surface area contributed by atoms with Crippen molar-refractivity contribution in [2.75, 3.05) is 24.6 Å². The highest BCUT2D eigenvalue weighted by Gasteiger charge is 2.31. The van der Waals surface area contributed by atoms with Gasteiger partial charge in [0.25, 0.3) is 0 Å². The van der Waals surface area contributed by atoms with Crippen molar-refractivity contribution in [2.24, 2.45) is 0 Å². The molecule has 0 radical (unpaired) electrons. The number of hydrogen-bond donors (Lipinski definition) is 0. The van der Waals surface area contributed by atoms with E-state index >= 15 is 0 Å². The molecule has 0 aliphatic rings. The normalized spacial score (nSPS) is 13.0. The predicted molar refractivity (Wildman–Crippen MR) is 89.2 cm³/mol. The zero-order chi connectivity index (χ0) is 12.7. The van der Waals surface area contributed by atoms with E-state index in [1.54, 1.807) is 0 Å². The van der Waals surface area contributed by atoms with Gasteiger partial charge in [-0.3, -0.25) is 0 Å². The molecule has 0 heterocycles. The molecule has 16 heavy (non-hydrogen) atoms. The Morgan fingerprint density at radius 1 is 0.562 bits per heavy atom. The lowest BCUT2D eigenvalue weighted by Gasteiger charge is -2.35. The van der Waals surface area contributed by atoms with Crippen molar-refractivity contribution in [2.45, 2.75) is 53.4 Å². The molecule has 0 atom stereocenters. The highest BCUT2D eigenvalue weighted by molar-refractivity contribution is 8.66. The van der Waals surface area contributed by atoms with E-state index in [0.29, 0.717) is 0 Å². The summed E-state index contributed by atoms with van der Waals surface area (Å²) < 4.78 is 0. The second-order valence-electron chi connectivity index (χ2n) is 4.59. The first-order chi connectivity index (χ1) is 7.49. The van der Waals surface area contributed by atoms with Crippen molar-refractivity contribution in [1.82, 2.24) is 0 Å². The molecular formula is C12H28P2S2. The first-order valence-corrected chi connectivity index (χ1v) is 13.7. The summed E-state index contributed by atoms with van der Waals surface area (Å²) >= 11 is 12.2. The first kappa shape index (κ1) is 17.3. The van der Waals surface area contributed by atoms with Gasteiger partial charge in [0, 0.05) is 0 Å². The molecule has 0 aliphatic carbocycles. The number of hydrogen-bond acceptors (Lipinski definition) is 2. The Hall–Kier alpha value is 1.30. The van der Waals surface area contributed by atoms with Gasteiger partial charge in [-0.15, -0.1) is 0 Å². The topological polar surface area (TPSA) is 0 Å². The van der Waals surface area contributed by atoms with E-state index < -0.39 is 11.5 Å². The maximum absolute atomic E-state index is 6.12. The van der Waals surface area contributed by atoms with Crippen LogP contribution in [0.4, 0.5) is 0 Å². The Morgan fingerprint density at radius 2 is 0.750 bits per heavy atom. The van der Waals surface area contributed by atoms with Crippen LogP contribution in [0.5, 0.6) is 0 Å². The third-order valence-corrected chi connectivity index (χ3v) is 24.0. The summed E-state index contributed by atoms with van der Waals surface area (Å²) in [5.74, 6) is 0. The Balaban J connectivity index is 5.08. The monoisotopic (exact) mass is 298 g/mol. The van der Waals surface area contributed by atoms with Crippen LogP contribution < -0.4 is 0 Å². The van der Waals surface area contributed by atoms with Crippen molar-refractivity contribution in [3.63, 3.8) is 0 Å². The smallest absolute Gasteiger partial charge is 0.0130 e. The average Bonchev–Trinajstić information content (AvgIpc) is 2.19. The standard InChI is InChI=1S/C12H28P2S2/c1-5-9-13(15,10-6-2)14(16,11-7-3)12-8-4/h5-12H2,1-4H3. The summed E-state index contributed by atoms with van der Waals surface area (Å²) in [5, 5.41) is 0. The van der Waals surface area contributed by atoms with Gasteiger partial charge in [0.2, 0.25) is 0 Å². The van der Waals surface area contributed by atoms with Crippen molar-refractivity contribution in [3.8, 4) is 0 Å². The predicted octanol–water partition coefficient (Wildman–Crippen LogP) is 5.50. The van der Waals surface area contributed by atoms with Crippen LogP contribution >= 0.6 is 11.5 Å². The zero-order valence-corrected chi connectivity index (χ0v) is 14.8. The summed E-state index contributed by atoms with van der Waals surface area (Å²) in [6, 6.07) is 0. The van der Waals surface area contributed by atoms with Crippen molar-refractivity contribution in [1.29, 1.82) is 0 Å². The molecule has 4 heteroatoms. The van der Waals surface area contributed by atoms with E-state index in [4.69, 9.17) is 23.6 Å². The van der Waals surface area contributed by atoms with Crippen molar-refractivity contribution >= 4 is 35.1 Å². The number of rotatable bonds is 9. The van der Waals surface area contributed by atoms with Gasteiger partial charge >= 0.3 is 0 Å². The lowest BCUT2D eigenvalue weighted by atomic mass is 10.6. The van der Waals surface area contributed by atoms with Gasteiger partial charge in [-0.05, 0) is 36.1 Å². The quantitative estimate of drug-likeness (QED) is 0.515. The molecule has 0 aromatic carbocycles. The van der Waals surface area contributed by atoms with E-state index in [1.165, 1.54) is 50.3 Å². The molecule has 0 aromatic rings. The van der Waals surface area contributed by atoms with Gasteiger partial charge in [0.1, 0.15) is 0 Å². The van der Waals surface area contributed by atoms with Gasteiger partial charge in [-0.1, -0.05) is 77.0 Å². The minimum atomic E-state index is -1.22. The van der Waals surface area contributed by atoms with Gasteiger partial charge in [0.05, 0.1) is 0 Å². The Bertz CT molecular complexity index is 226. The van der Waals surface area contributed by atoms with Gasteiger partial charge in [-0.2, -0.15) is 0 Å². The van der Waals surface area contributed by atoms with Crippen LogP contribution in [0.25, 0.3) is 0 Å². The highest BCUT2D eigenvalue weighted by atomic mass is 32.8. The lowest BCUT2D eigenvalue weighted by molar-refractivity contribution is 1.04. The van der Waals surface area contributed by atoms with Gasteiger partial charge in [-0.25, -0.2) is 0 Å². The molecule has 0 amide bonds. The van der Waals surface area contributed by atoms with Gasteiger partial charge < -0.3 is 0 Å².